The van der Waals surface area contributed by atoms with Crippen LogP contribution in [0.25, 0.3) is 0 Å². The van der Waals surface area contributed by atoms with E-state index in [-0.39, 0.29) is 10.8 Å². The molecule has 2 nitrogen and oxygen atoms in total. The molecule has 0 radical (unpaired) electrons. The molecule has 1 aromatic rings. The van der Waals surface area contributed by atoms with Gasteiger partial charge in [0, 0.05) is 18.6 Å². The van der Waals surface area contributed by atoms with Gasteiger partial charge in [0.2, 0.25) is 0 Å². The van der Waals surface area contributed by atoms with Gasteiger partial charge >= 0.3 is 0 Å². The van der Waals surface area contributed by atoms with Crippen LogP contribution in [0.3, 0.4) is 0 Å². The van der Waals surface area contributed by atoms with Crippen molar-refractivity contribution in [3.63, 3.8) is 0 Å². The van der Waals surface area contributed by atoms with Crippen molar-refractivity contribution in [2.75, 3.05) is 13.2 Å². The molecule has 0 saturated carbocycles. The summed E-state index contributed by atoms with van der Waals surface area (Å²) in [6.45, 7) is 14.9. The Balaban J connectivity index is 3.15. The molecule has 0 aromatic heterocycles. The third-order valence-electron chi connectivity index (χ3n) is 3.54. The summed E-state index contributed by atoms with van der Waals surface area (Å²) < 4.78 is 0. The third-order valence-corrected chi connectivity index (χ3v) is 3.54. The van der Waals surface area contributed by atoms with Gasteiger partial charge in [-0.15, -0.1) is 0 Å². The lowest BCUT2D eigenvalue weighted by Crippen LogP contribution is -2.36. The predicted octanol–water partition coefficient (Wildman–Crippen LogP) is 3.08. The second-order valence-electron chi connectivity index (χ2n) is 6.79. The molecule has 0 atom stereocenters. The van der Waals surface area contributed by atoms with Crippen molar-refractivity contribution in [1.29, 1.82) is 0 Å². The van der Waals surface area contributed by atoms with Gasteiger partial charge < -0.3 is 11.1 Å². The van der Waals surface area contributed by atoms with Gasteiger partial charge in [-0.3, -0.25) is 0 Å². The maximum Gasteiger partial charge on any atom is 0.0429 e. The zero-order chi connectivity index (χ0) is 14.0. The molecule has 1 aromatic carbocycles. The molecule has 0 spiro atoms. The van der Waals surface area contributed by atoms with Crippen LogP contribution < -0.4 is 11.1 Å². The molecule has 0 aliphatic carbocycles. The Morgan fingerprint density at radius 1 is 1.11 bits per heavy atom. The molecule has 0 fully saturated rings. The van der Waals surface area contributed by atoms with Crippen LogP contribution in [0.4, 0.5) is 0 Å². The minimum absolute atomic E-state index is 0.102. The zero-order valence-corrected chi connectivity index (χ0v) is 12.7. The van der Waals surface area contributed by atoms with E-state index in [1.165, 1.54) is 16.7 Å². The molecule has 102 valence electrons. The largest absolute Gasteiger partial charge is 0.318 e. The van der Waals surface area contributed by atoms with Gasteiger partial charge in [-0.2, -0.15) is 0 Å². The lowest BCUT2D eigenvalue weighted by Gasteiger charge is -2.30. The standard InChI is InChI=1S/C16H28N2/c1-12-7-8-13(15(2,3)4)9-14(12)16(5,6)10-18-11-17/h7-9,18H,10-11,17H2,1-6H3. The van der Waals surface area contributed by atoms with Crippen molar-refractivity contribution in [3.8, 4) is 0 Å². The summed E-state index contributed by atoms with van der Waals surface area (Å²) in [5, 5.41) is 3.25. The Morgan fingerprint density at radius 2 is 1.72 bits per heavy atom. The van der Waals surface area contributed by atoms with Crippen LogP contribution in [0.15, 0.2) is 18.2 Å². The number of aryl methyl sites for hydroxylation is 1. The van der Waals surface area contributed by atoms with E-state index in [4.69, 9.17) is 5.73 Å². The minimum atomic E-state index is 0.102. The summed E-state index contributed by atoms with van der Waals surface area (Å²) in [5.74, 6) is 0. The average molecular weight is 248 g/mol. The lowest BCUT2D eigenvalue weighted by molar-refractivity contribution is 0.470. The van der Waals surface area contributed by atoms with Crippen LogP contribution in [-0.4, -0.2) is 13.2 Å². The summed E-state index contributed by atoms with van der Waals surface area (Å²) in [7, 11) is 0. The highest BCUT2D eigenvalue weighted by Gasteiger charge is 2.24. The van der Waals surface area contributed by atoms with E-state index in [0.29, 0.717) is 6.67 Å². The molecule has 0 bridgehead atoms. The van der Waals surface area contributed by atoms with Crippen LogP contribution in [-0.2, 0) is 10.8 Å². The van der Waals surface area contributed by atoms with Gasteiger partial charge in [0.1, 0.15) is 0 Å². The monoisotopic (exact) mass is 248 g/mol. The first-order valence-electron chi connectivity index (χ1n) is 6.71. The maximum atomic E-state index is 5.54. The minimum Gasteiger partial charge on any atom is -0.318 e. The smallest absolute Gasteiger partial charge is 0.0429 e. The van der Waals surface area contributed by atoms with Crippen molar-refractivity contribution in [3.05, 3.63) is 34.9 Å². The number of nitrogens with two attached hydrogens (primary N) is 1. The highest BCUT2D eigenvalue weighted by molar-refractivity contribution is 5.39. The predicted molar refractivity (Wildman–Crippen MR) is 80.0 cm³/mol. The van der Waals surface area contributed by atoms with Crippen molar-refractivity contribution >= 4 is 0 Å². The van der Waals surface area contributed by atoms with E-state index < -0.39 is 0 Å². The van der Waals surface area contributed by atoms with Gasteiger partial charge in [0.05, 0.1) is 0 Å². The Kier molecular flexibility index (Phi) is 4.57. The van der Waals surface area contributed by atoms with E-state index in [0.717, 1.165) is 6.54 Å². The van der Waals surface area contributed by atoms with Crippen LogP contribution >= 0.6 is 0 Å². The number of benzene rings is 1. The molecule has 3 N–H and O–H groups in total. The quantitative estimate of drug-likeness (QED) is 0.804. The van der Waals surface area contributed by atoms with Crippen LogP contribution in [0, 0.1) is 6.92 Å². The first-order chi connectivity index (χ1) is 8.18. The van der Waals surface area contributed by atoms with Crippen molar-refractivity contribution in [1.82, 2.24) is 5.32 Å². The van der Waals surface area contributed by atoms with Gasteiger partial charge in [-0.1, -0.05) is 52.8 Å². The van der Waals surface area contributed by atoms with Crippen LogP contribution in [0.5, 0.6) is 0 Å². The fraction of sp³-hybridized carbons (Fsp3) is 0.625. The second kappa shape index (κ2) is 5.41. The first-order valence-corrected chi connectivity index (χ1v) is 6.71. The molecule has 0 amide bonds. The number of nitrogens with one attached hydrogen (secondary N) is 1. The van der Waals surface area contributed by atoms with Crippen molar-refractivity contribution < 1.29 is 0 Å². The van der Waals surface area contributed by atoms with Crippen LogP contribution in [0.2, 0.25) is 0 Å². The lowest BCUT2D eigenvalue weighted by atomic mass is 9.77. The molecule has 0 aliphatic heterocycles. The molecular formula is C16H28N2. The zero-order valence-electron chi connectivity index (χ0n) is 12.7. The van der Waals surface area contributed by atoms with Gasteiger partial charge in [0.15, 0.2) is 0 Å². The van der Waals surface area contributed by atoms with Gasteiger partial charge in [-0.05, 0) is 29.0 Å². The molecule has 2 heteroatoms. The van der Waals surface area contributed by atoms with E-state index in [1.807, 2.05) is 0 Å². The first kappa shape index (κ1) is 15.2. The number of rotatable bonds is 4. The second-order valence-corrected chi connectivity index (χ2v) is 6.79. The molecule has 18 heavy (non-hydrogen) atoms. The third kappa shape index (κ3) is 3.56. The fourth-order valence-corrected chi connectivity index (χ4v) is 2.30. The summed E-state index contributed by atoms with van der Waals surface area (Å²) >= 11 is 0. The molecule has 0 unspecified atom stereocenters. The fourth-order valence-electron chi connectivity index (χ4n) is 2.30. The van der Waals surface area contributed by atoms with Gasteiger partial charge in [0.25, 0.3) is 0 Å². The summed E-state index contributed by atoms with van der Waals surface area (Å²) in [4.78, 5) is 0. The van der Waals surface area contributed by atoms with E-state index in [2.05, 4.69) is 65.1 Å². The molecule has 0 heterocycles. The molecule has 0 saturated heterocycles. The maximum absolute atomic E-state index is 5.54. The number of hydrogen-bond acceptors (Lipinski definition) is 2. The highest BCUT2D eigenvalue weighted by Crippen LogP contribution is 2.31. The molecule has 1 rings (SSSR count). The Labute approximate surface area is 112 Å². The van der Waals surface area contributed by atoms with Crippen molar-refractivity contribution in [2.24, 2.45) is 5.73 Å². The van der Waals surface area contributed by atoms with E-state index in [1.54, 1.807) is 0 Å². The van der Waals surface area contributed by atoms with Gasteiger partial charge in [-0.25, -0.2) is 0 Å². The Hall–Kier alpha value is -0.860. The molecular weight excluding hydrogens is 220 g/mol. The normalized spacial score (nSPS) is 12.8. The Bertz CT molecular complexity index is 400. The van der Waals surface area contributed by atoms with Crippen LogP contribution in [0.1, 0.15) is 51.3 Å². The summed E-state index contributed by atoms with van der Waals surface area (Å²) in [6, 6.07) is 6.83. The SMILES string of the molecule is Cc1ccc(C(C)(C)C)cc1C(C)(C)CNCN. The number of hydrogen-bond donors (Lipinski definition) is 2. The average Bonchev–Trinajstić information content (AvgIpc) is 2.25. The topological polar surface area (TPSA) is 38.0 Å². The van der Waals surface area contributed by atoms with Crippen molar-refractivity contribution in [2.45, 2.75) is 52.4 Å². The Morgan fingerprint density at radius 3 is 2.22 bits per heavy atom. The van der Waals surface area contributed by atoms with E-state index in [9.17, 15) is 0 Å². The summed E-state index contributed by atoms with van der Waals surface area (Å²) in [6.07, 6.45) is 0. The molecule has 0 aliphatic rings. The van der Waals surface area contributed by atoms with E-state index >= 15 is 0 Å². The summed E-state index contributed by atoms with van der Waals surface area (Å²) in [5.41, 5.74) is 9.99. The highest BCUT2D eigenvalue weighted by atomic mass is 15.0.